The highest BCUT2D eigenvalue weighted by Crippen LogP contribution is 2.36. The first kappa shape index (κ1) is 29.5. The summed E-state index contributed by atoms with van der Waals surface area (Å²) in [4.78, 5) is 44.3. The van der Waals surface area contributed by atoms with Gasteiger partial charge in [-0.15, -0.1) is 0 Å². The number of hydrogen-bond donors (Lipinski definition) is 2. The molecule has 0 spiro atoms. The maximum absolute atomic E-state index is 13.6. The van der Waals surface area contributed by atoms with E-state index in [2.05, 4.69) is 65.2 Å². The maximum atomic E-state index is 13.6. The van der Waals surface area contributed by atoms with Gasteiger partial charge in [-0.25, -0.2) is 4.98 Å². The van der Waals surface area contributed by atoms with Crippen molar-refractivity contribution < 1.29 is 18.8 Å². The van der Waals surface area contributed by atoms with Crippen LogP contribution in [0.5, 0.6) is 0 Å². The molecule has 3 aromatic rings. The molecule has 0 aliphatic carbocycles. The highest BCUT2D eigenvalue weighted by molar-refractivity contribution is 9.10. The smallest absolute Gasteiger partial charge is 0.269 e. The molecule has 1 atom stereocenters. The summed E-state index contributed by atoms with van der Waals surface area (Å²) in [5.41, 5.74) is 6.20. The van der Waals surface area contributed by atoms with Crippen LogP contribution in [-0.2, 0) is 20.6 Å². The Balaban J connectivity index is 1.86. The monoisotopic (exact) mass is 602 g/mol. The minimum Gasteiger partial charge on any atom is -0.415 e. The number of anilines is 1. The minimum atomic E-state index is -2.10. The molecule has 2 aromatic heterocycles. The van der Waals surface area contributed by atoms with Crippen LogP contribution < -0.4 is 11.1 Å². The third-order valence-corrected chi connectivity index (χ3v) is 11.8. The third kappa shape index (κ3) is 7.06. The van der Waals surface area contributed by atoms with Crippen LogP contribution >= 0.6 is 15.9 Å². The number of amides is 3. The first-order chi connectivity index (χ1) is 17.7. The molecule has 3 rings (SSSR count). The summed E-state index contributed by atoms with van der Waals surface area (Å²) in [5.74, 6) is -1.06. The van der Waals surface area contributed by atoms with E-state index in [4.69, 9.17) is 10.2 Å². The van der Waals surface area contributed by atoms with Crippen molar-refractivity contribution in [3.63, 3.8) is 0 Å². The van der Waals surface area contributed by atoms with Gasteiger partial charge < -0.3 is 20.4 Å². The third-order valence-electron chi connectivity index (χ3n) is 6.82. The highest BCUT2D eigenvalue weighted by Gasteiger charge is 2.38. The van der Waals surface area contributed by atoms with Crippen molar-refractivity contribution in [2.75, 3.05) is 18.5 Å². The second-order valence-corrected chi connectivity index (χ2v) is 16.3. The number of nitrogens with two attached hydrogens (primary N) is 1. The van der Waals surface area contributed by atoms with E-state index in [9.17, 15) is 14.4 Å². The van der Waals surface area contributed by atoms with E-state index in [-0.39, 0.29) is 36.3 Å². The van der Waals surface area contributed by atoms with Gasteiger partial charge in [-0.05, 0) is 59.2 Å². The Morgan fingerprint density at radius 3 is 2.47 bits per heavy atom. The molecule has 204 valence electrons. The summed E-state index contributed by atoms with van der Waals surface area (Å²) in [5, 5.41) is 7.59. The van der Waals surface area contributed by atoms with Crippen LogP contribution in [0, 0.1) is 0 Å². The lowest BCUT2D eigenvalue weighted by Gasteiger charge is -2.38. The molecule has 0 saturated heterocycles. The van der Waals surface area contributed by atoms with E-state index < -0.39 is 26.2 Å². The van der Waals surface area contributed by atoms with Crippen molar-refractivity contribution in [3.8, 4) is 0 Å². The zero-order valence-corrected chi connectivity index (χ0v) is 25.2. The Morgan fingerprint density at radius 2 is 1.84 bits per heavy atom. The predicted molar refractivity (Wildman–Crippen MR) is 153 cm³/mol. The number of carbonyl (C=O) groups excluding carboxylic acids is 3. The molecule has 2 heterocycles. The quantitative estimate of drug-likeness (QED) is 0.264. The number of rotatable bonds is 10. The van der Waals surface area contributed by atoms with Gasteiger partial charge in [-0.3, -0.25) is 19.1 Å². The van der Waals surface area contributed by atoms with Gasteiger partial charge in [-0.1, -0.05) is 45.0 Å². The molecule has 1 aromatic carbocycles. The number of halogens is 1. The standard InChI is InChI=1S/C26H35BrN6O4Si/c1-17(16-37-38(5,6)26(2,3)4)32(14-22(34)30-21-13-9-12-20(27)29-21)23(35)15-33-19-11-8-7-10-18(19)24(31-33)25(28)36/h7-13,17H,14-16H2,1-6H3,(H2,28,36)(H,29,30,34). The summed E-state index contributed by atoms with van der Waals surface area (Å²) in [6.07, 6.45) is 0. The van der Waals surface area contributed by atoms with Crippen molar-refractivity contribution >= 4 is 58.7 Å². The molecule has 0 fully saturated rings. The molecule has 12 heteroatoms. The van der Waals surface area contributed by atoms with Gasteiger partial charge in [0.2, 0.25) is 11.8 Å². The number of pyridine rings is 1. The van der Waals surface area contributed by atoms with Crippen LogP contribution in [0.25, 0.3) is 10.9 Å². The van der Waals surface area contributed by atoms with Crippen LogP contribution in [0.2, 0.25) is 18.1 Å². The van der Waals surface area contributed by atoms with E-state index >= 15 is 0 Å². The van der Waals surface area contributed by atoms with Gasteiger partial charge in [0.15, 0.2) is 14.0 Å². The molecular formula is C26H35BrN6O4Si. The van der Waals surface area contributed by atoms with Crippen LogP contribution in [-0.4, -0.2) is 64.9 Å². The lowest BCUT2D eigenvalue weighted by atomic mass is 10.2. The van der Waals surface area contributed by atoms with Gasteiger partial charge >= 0.3 is 0 Å². The van der Waals surface area contributed by atoms with Crippen molar-refractivity contribution in [1.82, 2.24) is 19.7 Å². The van der Waals surface area contributed by atoms with Crippen molar-refractivity contribution in [1.29, 1.82) is 0 Å². The largest absolute Gasteiger partial charge is 0.415 e. The molecule has 38 heavy (non-hydrogen) atoms. The van der Waals surface area contributed by atoms with Crippen LogP contribution in [0.15, 0.2) is 47.1 Å². The van der Waals surface area contributed by atoms with Gasteiger partial charge in [-0.2, -0.15) is 5.10 Å². The Labute approximate surface area is 232 Å². The first-order valence-electron chi connectivity index (χ1n) is 12.3. The second kappa shape index (κ2) is 11.7. The van der Waals surface area contributed by atoms with Gasteiger partial charge in [0.05, 0.1) is 18.2 Å². The Morgan fingerprint density at radius 1 is 1.16 bits per heavy atom. The highest BCUT2D eigenvalue weighted by atomic mass is 79.9. The number of benzene rings is 1. The summed E-state index contributed by atoms with van der Waals surface area (Å²) in [6, 6.07) is 11.8. The summed E-state index contributed by atoms with van der Waals surface area (Å²) in [7, 11) is -2.10. The van der Waals surface area contributed by atoms with Crippen molar-refractivity contribution in [2.24, 2.45) is 5.73 Å². The van der Waals surface area contributed by atoms with Crippen molar-refractivity contribution in [3.05, 3.63) is 52.8 Å². The molecule has 10 nitrogen and oxygen atoms in total. The van der Waals surface area contributed by atoms with Gasteiger partial charge in [0.25, 0.3) is 5.91 Å². The SMILES string of the molecule is CC(CO[Si](C)(C)C(C)(C)C)N(CC(=O)Nc1cccc(Br)n1)C(=O)Cn1nc(C(N)=O)c2ccccc21. The number of nitrogens with zero attached hydrogens (tertiary/aromatic N) is 4. The topological polar surface area (TPSA) is 132 Å². The van der Waals surface area contributed by atoms with Gasteiger partial charge in [0.1, 0.15) is 23.5 Å². The molecule has 1 unspecified atom stereocenters. The molecule has 3 N–H and O–H groups in total. The number of para-hydroxylation sites is 1. The average Bonchev–Trinajstić information content (AvgIpc) is 3.19. The molecule has 3 amide bonds. The normalized spacial score (nSPS) is 12.8. The lowest BCUT2D eigenvalue weighted by molar-refractivity contribution is -0.138. The number of nitrogens with one attached hydrogen (secondary N) is 1. The number of fused-ring (bicyclic) bond motifs is 1. The molecule has 0 aliphatic heterocycles. The molecule has 0 saturated carbocycles. The fourth-order valence-electron chi connectivity index (χ4n) is 3.59. The average molecular weight is 604 g/mol. The first-order valence-corrected chi connectivity index (χ1v) is 16.0. The van der Waals surface area contributed by atoms with Crippen LogP contribution in [0.3, 0.4) is 0 Å². The fourth-order valence-corrected chi connectivity index (χ4v) is 5.02. The number of hydrogen-bond acceptors (Lipinski definition) is 6. The zero-order chi connectivity index (χ0) is 28.3. The molecule has 0 bridgehead atoms. The summed E-state index contributed by atoms with van der Waals surface area (Å²) < 4.78 is 8.39. The van der Waals surface area contributed by atoms with E-state index in [1.165, 1.54) is 9.58 Å². The van der Waals surface area contributed by atoms with Crippen LogP contribution in [0.1, 0.15) is 38.2 Å². The Bertz CT molecular complexity index is 1340. The molecule has 0 radical (unpaired) electrons. The zero-order valence-electron chi connectivity index (χ0n) is 22.6. The van der Waals surface area contributed by atoms with Crippen LogP contribution in [0.4, 0.5) is 5.82 Å². The number of carbonyl (C=O) groups is 3. The van der Waals surface area contributed by atoms with Crippen molar-refractivity contribution in [2.45, 2.75) is 58.4 Å². The number of primary amides is 1. The lowest BCUT2D eigenvalue weighted by Crippen LogP contribution is -2.50. The van der Waals surface area contributed by atoms with E-state index in [0.29, 0.717) is 21.3 Å². The summed E-state index contributed by atoms with van der Waals surface area (Å²) >= 11 is 3.29. The Hall–Kier alpha value is -3.09. The molecular weight excluding hydrogens is 568 g/mol. The minimum absolute atomic E-state index is 0.00949. The fraction of sp³-hybridized carbons (Fsp3) is 0.423. The second-order valence-electron chi connectivity index (χ2n) is 10.7. The predicted octanol–water partition coefficient (Wildman–Crippen LogP) is 4.17. The summed E-state index contributed by atoms with van der Waals surface area (Å²) in [6.45, 7) is 12.4. The maximum Gasteiger partial charge on any atom is 0.269 e. The van der Waals surface area contributed by atoms with Gasteiger partial charge in [0, 0.05) is 5.39 Å². The van der Waals surface area contributed by atoms with E-state index in [1.54, 1.807) is 42.5 Å². The number of aromatic nitrogens is 3. The van der Waals surface area contributed by atoms with E-state index in [0.717, 1.165) is 0 Å². The molecule has 0 aliphatic rings. The van der Waals surface area contributed by atoms with E-state index in [1.807, 2.05) is 6.92 Å². The Kier molecular flexibility index (Phi) is 9.11.